The van der Waals surface area contributed by atoms with Crippen molar-refractivity contribution in [1.82, 2.24) is 25.2 Å². The molecule has 1 aromatic heterocycles. The van der Waals surface area contributed by atoms with Crippen LogP contribution < -0.4 is 24.8 Å². The van der Waals surface area contributed by atoms with Crippen molar-refractivity contribution in [1.29, 1.82) is 0 Å². The van der Waals surface area contributed by atoms with E-state index >= 15 is 0 Å². The molecule has 3 aliphatic heterocycles. The van der Waals surface area contributed by atoms with E-state index in [1.807, 2.05) is 39.0 Å². The number of alkyl carbamates (subject to hydrolysis) is 1. The van der Waals surface area contributed by atoms with Gasteiger partial charge in [-0.05, 0) is 87.3 Å². The number of fused-ring (bicyclic) bond motifs is 4. The lowest BCUT2D eigenvalue weighted by molar-refractivity contribution is -0.140. The number of benzene rings is 1. The van der Waals surface area contributed by atoms with Crippen LogP contribution in [0.1, 0.15) is 96.2 Å². The number of aliphatic hydroxyl groups is 1. The molecule has 3 aliphatic carbocycles. The molecule has 56 heavy (non-hydrogen) atoms. The van der Waals surface area contributed by atoms with E-state index in [0.29, 0.717) is 43.6 Å². The SMILES string of the molecule is C=CC1CC1(NC(O)C1CC23CCc4c(c(nc5ccc(OC)cc45)CCCCCC4CC4OC(=O)NC(C(C)(C)C)C(=O)N1C2)O3)C(=O)NS(=O)(=O)C1CC1. The molecule has 6 aliphatic rings. The Morgan fingerprint density at radius 2 is 1.95 bits per heavy atom. The number of nitrogens with zero attached hydrogens (tertiary/aromatic N) is 2. The fourth-order valence-corrected chi connectivity index (χ4v) is 10.5. The van der Waals surface area contributed by atoms with E-state index in [1.54, 1.807) is 18.1 Å². The molecule has 4 fully saturated rings. The zero-order chi connectivity index (χ0) is 39.8. The van der Waals surface area contributed by atoms with E-state index in [2.05, 4.69) is 21.9 Å². The van der Waals surface area contributed by atoms with Crippen molar-refractivity contribution in [3.05, 3.63) is 42.1 Å². The van der Waals surface area contributed by atoms with Gasteiger partial charge in [0.05, 0.1) is 36.2 Å². The molecule has 8 unspecified atom stereocenters. The summed E-state index contributed by atoms with van der Waals surface area (Å²) in [6, 6.07) is 3.91. The van der Waals surface area contributed by atoms with Crippen LogP contribution in [0.25, 0.3) is 10.9 Å². The maximum atomic E-state index is 14.9. The van der Waals surface area contributed by atoms with Gasteiger partial charge in [-0.3, -0.25) is 19.6 Å². The lowest BCUT2D eigenvalue weighted by Gasteiger charge is -2.38. The average Bonchev–Trinajstić information content (AvgIpc) is 4.07. The van der Waals surface area contributed by atoms with Crippen LogP contribution >= 0.6 is 0 Å². The minimum Gasteiger partial charge on any atom is -0.497 e. The van der Waals surface area contributed by atoms with Crippen molar-refractivity contribution >= 4 is 38.8 Å². The lowest BCUT2D eigenvalue weighted by Crippen LogP contribution is -2.61. The molecule has 0 radical (unpaired) electrons. The van der Waals surface area contributed by atoms with Gasteiger partial charge in [0, 0.05) is 23.3 Å². The van der Waals surface area contributed by atoms with E-state index in [9.17, 15) is 27.9 Å². The molecule has 1 aromatic carbocycles. The summed E-state index contributed by atoms with van der Waals surface area (Å²) in [5.74, 6) is 0.0560. The number of aryl methyl sites for hydroxylation is 2. The zero-order valence-corrected chi connectivity index (χ0v) is 33.6. The van der Waals surface area contributed by atoms with Crippen molar-refractivity contribution < 1.29 is 42.1 Å². The molecular formula is C41H55N5O9S. The van der Waals surface area contributed by atoms with Crippen LogP contribution in [0.5, 0.6) is 11.5 Å². The molecular weight excluding hydrogens is 739 g/mol. The maximum Gasteiger partial charge on any atom is 0.408 e. The standard InChI is InChI=1S/C41H55N5O9S/c1-6-24-20-41(24,37(49)45-56(51,52)26-13-14-26)44-35(47)31-21-40-17-16-27-28-19-25(53-5)12-15-29(28)42-30(33(27)55-40)11-9-7-8-10-23-18-32(23)54-38(50)43-34(39(2,3)4)36(48)46(31)22-40/h6,12,15,19,23-24,26,31-32,34-35,44,47H,1,7-11,13-14,16-18,20-22H2,2-5H3,(H,43,50)(H,45,49). The van der Waals surface area contributed by atoms with Crippen molar-refractivity contribution in [2.75, 3.05) is 13.7 Å². The van der Waals surface area contributed by atoms with E-state index in [-0.39, 0.29) is 31.4 Å². The van der Waals surface area contributed by atoms with E-state index < -0.39 is 74.0 Å². The second-order valence-corrected chi connectivity index (χ2v) is 20.0. The normalized spacial score (nSPS) is 32.4. The highest BCUT2D eigenvalue weighted by Gasteiger charge is 2.63. The third-order valence-electron chi connectivity index (χ3n) is 12.8. The van der Waals surface area contributed by atoms with Gasteiger partial charge in [0.2, 0.25) is 15.9 Å². The summed E-state index contributed by atoms with van der Waals surface area (Å²) >= 11 is 0. The van der Waals surface area contributed by atoms with Crippen molar-refractivity contribution in [3.63, 3.8) is 0 Å². The Morgan fingerprint density at radius 1 is 1.16 bits per heavy atom. The molecule has 8 rings (SSSR count). The number of nitrogens with one attached hydrogen (secondary N) is 3. The highest BCUT2D eigenvalue weighted by Crippen LogP contribution is 2.49. The number of hydrogen-bond acceptors (Lipinski definition) is 11. The van der Waals surface area contributed by atoms with Gasteiger partial charge in [-0.25, -0.2) is 18.2 Å². The molecule has 8 atom stereocenters. The third kappa shape index (κ3) is 7.34. The minimum atomic E-state index is -3.87. The first kappa shape index (κ1) is 38.9. The second-order valence-electron chi connectivity index (χ2n) is 18.0. The number of carbonyl (C=O) groups is 3. The number of methoxy groups -OCH3 is 1. The van der Waals surface area contributed by atoms with E-state index in [4.69, 9.17) is 19.2 Å². The van der Waals surface area contributed by atoms with Gasteiger partial charge < -0.3 is 29.5 Å². The number of carbonyl (C=O) groups excluding carboxylic acids is 3. The molecule has 1 saturated heterocycles. The van der Waals surface area contributed by atoms with Crippen molar-refractivity contribution in [2.24, 2.45) is 17.3 Å². The molecule has 3 bridgehead atoms. The Balaban J connectivity index is 1.17. The Morgan fingerprint density at radius 3 is 2.64 bits per heavy atom. The van der Waals surface area contributed by atoms with Crippen molar-refractivity contribution in [2.45, 2.75) is 139 Å². The predicted molar refractivity (Wildman–Crippen MR) is 207 cm³/mol. The van der Waals surface area contributed by atoms with Crippen molar-refractivity contribution in [3.8, 4) is 11.5 Å². The van der Waals surface area contributed by atoms with Crippen LogP contribution in [0.2, 0.25) is 0 Å². The van der Waals surface area contributed by atoms with Gasteiger partial charge in [0.1, 0.15) is 41.0 Å². The Hall–Kier alpha value is -3.95. The van der Waals surface area contributed by atoms with Gasteiger partial charge in [-0.1, -0.05) is 39.7 Å². The summed E-state index contributed by atoms with van der Waals surface area (Å²) in [6.45, 7) is 9.53. The summed E-state index contributed by atoms with van der Waals surface area (Å²) < 4.78 is 46.4. The van der Waals surface area contributed by atoms with Crippen LogP contribution in [0.4, 0.5) is 4.79 Å². The third-order valence-corrected chi connectivity index (χ3v) is 14.7. The van der Waals surface area contributed by atoms with Crippen LogP contribution in [0, 0.1) is 17.3 Å². The number of pyridine rings is 1. The first-order valence-electron chi connectivity index (χ1n) is 20.2. The molecule has 1 spiro atoms. The smallest absolute Gasteiger partial charge is 0.408 e. The maximum absolute atomic E-state index is 14.9. The molecule has 4 heterocycles. The molecule has 3 saturated carbocycles. The first-order valence-corrected chi connectivity index (χ1v) is 21.7. The number of rotatable bonds is 8. The number of amides is 3. The fourth-order valence-electron chi connectivity index (χ4n) is 9.15. The van der Waals surface area contributed by atoms with Gasteiger partial charge >= 0.3 is 6.09 Å². The van der Waals surface area contributed by atoms with Crippen LogP contribution in [0.3, 0.4) is 0 Å². The van der Waals surface area contributed by atoms with Crippen LogP contribution in [-0.2, 0) is 37.2 Å². The number of sulfonamides is 1. The van der Waals surface area contributed by atoms with Crippen LogP contribution in [0.15, 0.2) is 30.9 Å². The first-order chi connectivity index (χ1) is 26.6. The number of ether oxygens (including phenoxy) is 3. The lowest BCUT2D eigenvalue weighted by atomic mass is 9.85. The summed E-state index contributed by atoms with van der Waals surface area (Å²) in [4.78, 5) is 48.7. The number of aliphatic hydroxyl groups excluding tert-OH is 1. The molecule has 14 nitrogen and oxygen atoms in total. The highest BCUT2D eigenvalue weighted by atomic mass is 32.2. The second kappa shape index (κ2) is 14.2. The summed E-state index contributed by atoms with van der Waals surface area (Å²) in [6.07, 6.45) is 7.07. The number of aromatic nitrogens is 1. The van der Waals surface area contributed by atoms with Gasteiger partial charge in [-0.2, -0.15) is 0 Å². The molecule has 2 aromatic rings. The molecule has 3 amide bonds. The number of hydrogen-bond donors (Lipinski definition) is 4. The van der Waals surface area contributed by atoms with Gasteiger partial charge in [-0.15, -0.1) is 6.58 Å². The Kier molecular flexibility index (Phi) is 9.83. The Labute approximate surface area is 328 Å². The van der Waals surface area contributed by atoms with Gasteiger partial charge in [0.15, 0.2) is 0 Å². The van der Waals surface area contributed by atoms with Crippen LogP contribution in [-0.4, -0.2) is 95.8 Å². The highest BCUT2D eigenvalue weighted by molar-refractivity contribution is 7.91. The summed E-state index contributed by atoms with van der Waals surface area (Å²) in [7, 11) is -2.24. The largest absolute Gasteiger partial charge is 0.497 e. The van der Waals surface area contributed by atoms with E-state index in [0.717, 1.165) is 54.3 Å². The fraction of sp³-hybridized carbons (Fsp3) is 0.659. The minimum absolute atomic E-state index is 0.0957. The average molecular weight is 794 g/mol. The van der Waals surface area contributed by atoms with Gasteiger partial charge in [0.25, 0.3) is 5.91 Å². The molecule has 304 valence electrons. The molecule has 4 N–H and O–H groups in total. The van der Waals surface area contributed by atoms with E-state index in [1.165, 1.54) is 0 Å². The Bertz CT molecular complexity index is 2050. The summed E-state index contributed by atoms with van der Waals surface area (Å²) in [5, 5.41) is 18.5. The molecule has 15 heteroatoms. The summed E-state index contributed by atoms with van der Waals surface area (Å²) in [5.41, 5.74) is -0.402. The quantitative estimate of drug-likeness (QED) is 0.224. The monoisotopic (exact) mass is 793 g/mol. The topological polar surface area (TPSA) is 185 Å². The zero-order valence-electron chi connectivity index (χ0n) is 32.8. The predicted octanol–water partition coefficient (Wildman–Crippen LogP) is 4.02.